The third-order valence-corrected chi connectivity index (χ3v) is 3.21. The fraction of sp³-hybridized carbons (Fsp3) is 0.250. The van der Waals surface area contributed by atoms with E-state index < -0.39 is 0 Å². The van der Waals surface area contributed by atoms with Crippen LogP contribution in [0.1, 0.15) is 13.8 Å². The highest BCUT2D eigenvalue weighted by Gasteiger charge is 2.00. The summed E-state index contributed by atoms with van der Waals surface area (Å²) < 4.78 is 0. The molecule has 2 rings (SSSR count). The molecule has 0 unspecified atom stereocenters. The minimum atomic E-state index is 0.387. The summed E-state index contributed by atoms with van der Waals surface area (Å²) in [5, 5.41) is 11.2. The lowest BCUT2D eigenvalue weighted by atomic mass is 10.2. The van der Waals surface area contributed by atoms with Crippen molar-refractivity contribution in [2.45, 2.75) is 13.8 Å². The van der Waals surface area contributed by atoms with Gasteiger partial charge in [-0.15, -0.1) is 4.91 Å². The van der Waals surface area contributed by atoms with Crippen molar-refractivity contribution in [3.05, 3.63) is 53.4 Å². The van der Waals surface area contributed by atoms with Crippen LogP contribution in [0, 0.1) is 4.91 Å². The Morgan fingerprint density at radius 3 is 1.62 bits per heavy atom. The predicted molar refractivity (Wildman–Crippen MR) is 86.1 cm³/mol. The SMILES string of the molecule is CCN(CC)c1ccc(/N=N/c2ccc(N=O)cc2)cc1. The summed E-state index contributed by atoms with van der Waals surface area (Å²) in [4.78, 5) is 12.6. The van der Waals surface area contributed by atoms with Gasteiger partial charge in [0, 0.05) is 18.8 Å². The van der Waals surface area contributed by atoms with Gasteiger partial charge in [0.15, 0.2) is 0 Å². The van der Waals surface area contributed by atoms with Gasteiger partial charge < -0.3 is 4.90 Å². The summed E-state index contributed by atoms with van der Waals surface area (Å²) in [7, 11) is 0. The molecule has 0 bridgehead atoms. The fourth-order valence-corrected chi connectivity index (χ4v) is 2.01. The Morgan fingerprint density at radius 2 is 1.19 bits per heavy atom. The zero-order chi connectivity index (χ0) is 15.1. The van der Waals surface area contributed by atoms with Crippen molar-refractivity contribution in [1.82, 2.24) is 0 Å². The summed E-state index contributed by atoms with van der Waals surface area (Å²) in [5.41, 5.74) is 3.05. The molecule has 0 saturated carbocycles. The first-order valence-corrected chi connectivity index (χ1v) is 6.97. The molecule has 0 aliphatic carbocycles. The molecule has 0 N–H and O–H groups in total. The van der Waals surface area contributed by atoms with E-state index in [1.165, 1.54) is 5.69 Å². The van der Waals surface area contributed by atoms with Crippen LogP contribution in [0.2, 0.25) is 0 Å². The van der Waals surface area contributed by atoms with Gasteiger partial charge in [0.25, 0.3) is 0 Å². The van der Waals surface area contributed by atoms with Gasteiger partial charge in [-0.3, -0.25) is 0 Å². The second kappa shape index (κ2) is 7.28. The van der Waals surface area contributed by atoms with Gasteiger partial charge in [-0.25, -0.2) is 0 Å². The predicted octanol–water partition coefficient (Wildman–Crippen LogP) is 5.35. The average Bonchev–Trinajstić information content (AvgIpc) is 2.55. The van der Waals surface area contributed by atoms with E-state index in [-0.39, 0.29) is 0 Å². The highest BCUT2D eigenvalue weighted by atomic mass is 16.3. The van der Waals surface area contributed by atoms with E-state index in [1.54, 1.807) is 24.3 Å². The van der Waals surface area contributed by atoms with E-state index >= 15 is 0 Å². The molecule has 0 fully saturated rings. The lowest BCUT2D eigenvalue weighted by Gasteiger charge is -2.20. The summed E-state index contributed by atoms with van der Waals surface area (Å²) in [6.07, 6.45) is 0. The number of nitrogens with zero attached hydrogens (tertiary/aromatic N) is 4. The molecule has 0 radical (unpaired) electrons. The smallest absolute Gasteiger partial charge is 0.108 e. The van der Waals surface area contributed by atoms with E-state index in [4.69, 9.17) is 0 Å². The van der Waals surface area contributed by atoms with E-state index in [9.17, 15) is 4.91 Å². The van der Waals surface area contributed by atoms with Crippen molar-refractivity contribution in [3.63, 3.8) is 0 Å². The Morgan fingerprint density at radius 1 is 0.762 bits per heavy atom. The Labute approximate surface area is 124 Å². The standard InChI is InChI=1S/C16H18N4O/c1-3-20(4-2)16-11-9-14(10-12-16)18-17-13-5-7-15(19-21)8-6-13/h5-12H,3-4H2,1-2H3/b18-17+. The average molecular weight is 282 g/mol. The van der Waals surface area contributed by atoms with Gasteiger partial charge in [0.2, 0.25) is 0 Å². The number of hydrogen-bond donors (Lipinski definition) is 0. The van der Waals surface area contributed by atoms with Crippen LogP contribution in [0.5, 0.6) is 0 Å². The fourth-order valence-electron chi connectivity index (χ4n) is 2.01. The Balaban J connectivity index is 2.08. The number of azo groups is 1. The van der Waals surface area contributed by atoms with Crippen LogP contribution in [0.15, 0.2) is 63.9 Å². The van der Waals surface area contributed by atoms with Crippen molar-refractivity contribution >= 4 is 22.7 Å². The van der Waals surface area contributed by atoms with Crippen LogP contribution in [-0.4, -0.2) is 13.1 Å². The van der Waals surface area contributed by atoms with Gasteiger partial charge in [0.05, 0.1) is 11.4 Å². The van der Waals surface area contributed by atoms with Crippen LogP contribution in [-0.2, 0) is 0 Å². The van der Waals surface area contributed by atoms with E-state index in [1.807, 2.05) is 24.3 Å². The minimum Gasteiger partial charge on any atom is -0.372 e. The monoisotopic (exact) mass is 282 g/mol. The number of rotatable bonds is 6. The molecule has 0 aliphatic rings. The Kier molecular flexibility index (Phi) is 5.15. The van der Waals surface area contributed by atoms with Crippen LogP contribution >= 0.6 is 0 Å². The molecule has 5 nitrogen and oxygen atoms in total. The van der Waals surface area contributed by atoms with Gasteiger partial charge in [-0.2, -0.15) is 10.2 Å². The largest absolute Gasteiger partial charge is 0.372 e. The van der Waals surface area contributed by atoms with Crippen LogP contribution < -0.4 is 4.90 Å². The molecule has 0 amide bonds. The van der Waals surface area contributed by atoms with E-state index in [0.29, 0.717) is 11.4 Å². The molecule has 0 spiro atoms. The van der Waals surface area contributed by atoms with Gasteiger partial charge >= 0.3 is 0 Å². The molecule has 0 saturated heterocycles. The van der Waals surface area contributed by atoms with Gasteiger partial charge in [0.1, 0.15) is 5.69 Å². The number of anilines is 1. The molecule has 0 atom stereocenters. The highest BCUT2D eigenvalue weighted by Crippen LogP contribution is 2.23. The molecule has 2 aromatic rings. The van der Waals surface area contributed by atoms with Crippen LogP contribution in [0.25, 0.3) is 0 Å². The number of benzene rings is 2. The third kappa shape index (κ3) is 3.95. The summed E-state index contributed by atoms with van der Waals surface area (Å²) in [5.74, 6) is 0. The quantitative estimate of drug-likeness (QED) is 0.530. The first-order valence-electron chi connectivity index (χ1n) is 6.97. The maximum Gasteiger partial charge on any atom is 0.108 e. The van der Waals surface area contributed by atoms with Gasteiger partial charge in [-0.05, 0) is 67.6 Å². The molecule has 0 aromatic heterocycles. The second-order valence-electron chi connectivity index (χ2n) is 4.50. The normalized spacial score (nSPS) is 10.8. The highest BCUT2D eigenvalue weighted by molar-refractivity contribution is 5.53. The lowest BCUT2D eigenvalue weighted by Crippen LogP contribution is -2.21. The van der Waals surface area contributed by atoms with Gasteiger partial charge in [-0.1, -0.05) is 0 Å². The van der Waals surface area contributed by atoms with Crippen molar-refractivity contribution in [3.8, 4) is 0 Å². The topological polar surface area (TPSA) is 57.4 Å². The number of hydrogen-bond acceptors (Lipinski definition) is 5. The zero-order valence-corrected chi connectivity index (χ0v) is 12.2. The molecular weight excluding hydrogens is 264 g/mol. The third-order valence-electron chi connectivity index (χ3n) is 3.21. The number of nitroso groups, excluding NO2 is 1. The van der Waals surface area contributed by atoms with Crippen LogP contribution in [0.4, 0.5) is 22.7 Å². The van der Waals surface area contributed by atoms with E-state index in [2.05, 4.69) is 34.2 Å². The summed E-state index contributed by atoms with van der Waals surface area (Å²) in [6.45, 7) is 6.23. The molecule has 5 heteroatoms. The molecular formula is C16H18N4O. The molecule has 21 heavy (non-hydrogen) atoms. The maximum atomic E-state index is 10.3. The Hall–Kier alpha value is -2.56. The zero-order valence-electron chi connectivity index (χ0n) is 12.2. The van der Waals surface area contributed by atoms with Crippen molar-refractivity contribution in [1.29, 1.82) is 0 Å². The van der Waals surface area contributed by atoms with Crippen LogP contribution in [0.3, 0.4) is 0 Å². The maximum absolute atomic E-state index is 10.3. The molecule has 2 aromatic carbocycles. The second-order valence-corrected chi connectivity index (χ2v) is 4.50. The summed E-state index contributed by atoms with van der Waals surface area (Å²) >= 11 is 0. The minimum absolute atomic E-state index is 0.387. The lowest BCUT2D eigenvalue weighted by molar-refractivity contribution is 0.866. The first kappa shape index (κ1) is 14.8. The molecule has 108 valence electrons. The summed E-state index contributed by atoms with van der Waals surface area (Å²) in [6, 6.07) is 14.6. The van der Waals surface area contributed by atoms with Crippen molar-refractivity contribution in [2.24, 2.45) is 15.4 Å². The first-order chi connectivity index (χ1) is 10.3. The molecule has 0 aliphatic heterocycles. The van der Waals surface area contributed by atoms with Crippen molar-refractivity contribution in [2.75, 3.05) is 18.0 Å². The molecule has 0 heterocycles. The van der Waals surface area contributed by atoms with Crippen molar-refractivity contribution < 1.29 is 0 Å². The van der Waals surface area contributed by atoms with E-state index in [0.717, 1.165) is 18.8 Å². The Bertz CT molecular complexity index is 601.